The fourth-order valence-corrected chi connectivity index (χ4v) is 0.729. The number of carboxylic acid groups (broad SMARTS) is 2. The molecule has 0 aliphatic rings. The van der Waals surface area contributed by atoms with Crippen LogP contribution in [0.25, 0.3) is 0 Å². The Kier molecular flexibility index (Phi) is 11.1. The van der Waals surface area contributed by atoms with Gasteiger partial charge in [-0.05, 0) is 25.8 Å². The molecular weight excluding hydrogens is 224 g/mol. The zero-order valence-corrected chi connectivity index (χ0v) is 10.4. The lowest BCUT2D eigenvalue weighted by Gasteiger charge is -1.89. The molecule has 0 saturated carbocycles. The highest BCUT2D eigenvalue weighted by molar-refractivity contribution is 5.85. The molecule has 0 heterocycles. The SMILES string of the molecule is CC/C=C(\O)C(=O)O.CCC/C=C(\C)C(=O)O. The lowest BCUT2D eigenvalue weighted by Crippen LogP contribution is -1.97. The lowest BCUT2D eigenvalue weighted by atomic mass is 10.2. The second-order valence-corrected chi connectivity index (χ2v) is 3.28. The predicted octanol–water partition coefficient (Wildman–Crippen LogP) is 2.74. The highest BCUT2D eigenvalue weighted by Crippen LogP contribution is 1.96. The first kappa shape index (κ1) is 17.6. The predicted molar refractivity (Wildman–Crippen MR) is 64.9 cm³/mol. The molecular formula is C12H20O5. The normalized spacial score (nSPS) is 11.5. The van der Waals surface area contributed by atoms with Gasteiger partial charge in [0.15, 0.2) is 5.76 Å². The van der Waals surface area contributed by atoms with Crippen molar-refractivity contribution in [2.75, 3.05) is 0 Å². The molecule has 0 rings (SSSR count). The van der Waals surface area contributed by atoms with Crippen LogP contribution in [0.3, 0.4) is 0 Å². The number of unbranched alkanes of at least 4 members (excludes halogenated alkanes) is 1. The molecule has 0 atom stereocenters. The summed E-state index contributed by atoms with van der Waals surface area (Å²) in [4.78, 5) is 19.9. The van der Waals surface area contributed by atoms with E-state index in [9.17, 15) is 9.59 Å². The largest absolute Gasteiger partial charge is 0.502 e. The van der Waals surface area contributed by atoms with Gasteiger partial charge in [-0.15, -0.1) is 0 Å². The van der Waals surface area contributed by atoms with E-state index in [1.54, 1.807) is 19.9 Å². The minimum absolute atomic E-state index is 0.442. The summed E-state index contributed by atoms with van der Waals surface area (Å²) < 4.78 is 0. The van der Waals surface area contributed by atoms with E-state index in [1.807, 2.05) is 6.92 Å². The monoisotopic (exact) mass is 244 g/mol. The molecule has 0 aliphatic carbocycles. The smallest absolute Gasteiger partial charge is 0.370 e. The van der Waals surface area contributed by atoms with Crippen LogP contribution < -0.4 is 0 Å². The molecule has 5 nitrogen and oxygen atoms in total. The van der Waals surface area contributed by atoms with Gasteiger partial charge in [-0.2, -0.15) is 0 Å². The van der Waals surface area contributed by atoms with Crippen LogP contribution >= 0.6 is 0 Å². The van der Waals surface area contributed by atoms with Gasteiger partial charge in [0, 0.05) is 5.57 Å². The van der Waals surface area contributed by atoms with E-state index in [4.69, 9.17) is 15.3 Å². The molecule has 0 bridgehead atoms. The summed E-state index contributed by atoms with van der Waals surface area (Å²) >= 11 is 0. The van der Waals surface area contributed by atoms with Gasteiger partial charge in [0.2, 0.25) is 0 Å². The summed E-state index contributed by atoms with van der Waals surface area (Å²) in [6.45, 7) is 5.38. The minimum Gasteiger partial charge on any atom is -0.502 e. The fourth-order valence-electron chi connectivity index (χ4n) is 0.729. The van der Waals surface area contributed by atoms with E-state index >= 15 is 0 Å². The summed E-state index contributed by atoms with van der Waals surface area (Å²) in [6, 6.07) is 0. The summed E-state index contributed by atoms with van der Waals surface area (Å²) in [5.74, 6) is -2.66. The first-order valence-electron chi connectivity index (χ1n) is 5.39. The Hall–Kier alpha value is -1.78. The van der Waals surface area contributed by atoms with Crippen LogP contribution in [0.4, 0.5) is 0 Å². The number of carboxylic acids is 2. The molecule has 0 aromatic heterocycles. The summed E-state index contributed by atoms with van der Waals surface area (Å²) in [6.07, 6.45) is 5.38. The maximum absolute atomic E-state index is 10.1. The van der Waals surface area contributed by atoms with Gasteiger partial charge in [-0.3, -0.25) is 0 Å². The van der Waals surface area contributed by atoms with Crippen LogP contribution in [0.1, 0.15) is 40.0 Å². The third kappa shape index (κ3) is 12.2. The van der Waals surface area contributed by atoms with Gasteiger partial charge in [-0.1, -0.05) is 26.3 Å². The van der Waals surface area contributed by atoms with Crippen molar-refractivity contribution >= 4 is 11.9 Å². The van der Waals surface area contributed by atoms with Gasteiger partial charge in [-0.25, -0.2) is 9.59 Å². The Labute approximate surface area is 101 Å². The Bertz CT molecular complexity index is 302. The summed E-state index contributed by atoms with van der Waals surface area (Å²) in [7, 11) is 0. The second kappa shape index (κ2) is 10.7. The number of carbonyl (C=O) groups is 2. The molecule has 0 aliphatic heterocycles. The molecule has 0 fully saturated rings. The zero-order chi connectivity index (χ0) is 13.8. The van der Waals surface area contributed by atoms with Gasteiger partial charge in [0.25, 0.3) is 0 Å². The number of aliphatic hydroxyl groups is 1. The summed E-state index contributed by atoms with van der Waals surface area (Å²) in [5.41, 5.74) is 0.442. The second-order valence-electron chi connectivity index (χ2n) is 3.28. The van der Waals surface area contributed by atoms with Crippen molar-refractivity contribution in [3.8, 4) is 0 Å². The van der Waals surface area contributed by atoms with Crippen molar-refractivity contribution < 1.29 is 24.9 Å². The number of aliphatic carboxylic acids is 2. The molecule has 0 unspecified atom stereocenters. The topological polar surface area (TPSA) is 94.8 Å². The maximum atomic E-state index is 10.1. The van der Waals surface area contributed by atoms with Gasteiger partial charge in [0.05, 0.1) is 0 Å². The fraction of sp³-hybridized carbons (Fsp3) is 0.500. The molecule has 3 N–H and O–H groups in total. The van der Waals surface area contributed by atoms with E-state index < -0.39 is 17.7 Å². The Balaban J connectivity index is 0. The van der Waals surface area contributed by atoms with Crippen molar-refractivity contribution in [1.29, 1.82) is 0 Å². The van der Waals surface area contributed by atoms with Gasteiger partial charge < -0.3 is 15.3 Å². The first-order valence-corrected chi connectivity index (χ1v) is 5.39. The van der Waals surface area contributed by atoms with Gasteiger partial charge in [0.1, 0.15) is 0 Å². The van der Waals surface area contributed by atoms with Crippen molar-refractivity contribution in [3.05, 3.63) is 23.5 Å². The number of allylic oxidation sites excluding steroid dienone is 2. The van der Waals surface area contributed by atoms with Crippen LogP contribution in [0, 0.1) is 0 Å². The molecule has 0 radical (unpaired) electrons. The number of hydrogen-bond acceptors (Lipinski definition) is 3. The van der Waals surface area contributed by atoms with Crippen LogP contribution in [0.5, 0.6) is 0 Å². The maximum Gasteiger partial charge on any atom is 0.370 e. The van der Waals surface area contributed by atoms with E-state index in [-0.39, 0.29) is 0 Å². The quantitative estimate of drug-likeness (QED) is 0.510. The molecule has 0 aromatic carbocycles. The lowest BCUT2D eigenvalue weighted by molar-refractivity contribution is -0.135. The highest BCUT2D eigenvalue weighted by atomic mass is 16.4. The molecule has 0 aromatic rings. The number of rotatable bonds is 5. The number of hydrogen-bond donors (Lipinski definition) is 3. The molecule has 0 amide bonds. The Morgan fingerprint density at radius 2 is 1.53 bits per heavy atom. The first-order chi connectivity index (χ1) is 7.86. The Morgan fingerprint density at radius 1 is 1.00 bits per heavy atom. The van der Waals surface area contributed by atoms with Gasteiger partial charge >= 0.3 is 11.9 Å². The van der Waals surface area contributed by atoms with Crippen molar-refractivity contribution in [2.45, 2.75) is 40.0 Å². The molecule has 98 valence electrons. The van der Waals surface area contributed by atoms with Crippen molar-refractivity contribution in [1.82, 2.24) is 0 Å². The van der Waals surface area contributed by atoms with Crippen LogP contribution in [-0.4, -0.2) is 27.3 Å². The molecule has 17 heavy (non-hydrogen) atoms. The summed E-state index contributed by atoms with van der Waals surface area (Å²) in [5, 5.41) is 24.7. The standard InChI is InChI=1S/C7H12O2.C5H8O3/c1-3-4-5-6(2)7(8)9;1-2-3-4(6)5(7)8/h5H,3-4H2,1-2H3,(H,8,9);3,6H,2H2,1H3,(H,7,8)/b6-5+;4-3-. The molecule has 0 spiro atoms. The van der Waals surface area contributed by atoms with E-state index in [2.05, 4.69) is 0 Å². The molecule has 5 heteroatoms. The molecule has 0 saturated heterocycles. The number of aliphatic hydroxyl groups excluding tert-OH is 1. The van der Waals surface area contributed by atoms with Crippen molar-refractivity contribution in [3.63, 3.8) is 0 Å². The van der Waals surface area contributed by atoms with E-state index in [1.165, 1.54) is 6.08 Å². The zero-order valence-electron chi connectivity index (χ0n) is 10.4. The average Bonchev–Trinajstić information content (AvgIpc) is 2.26. The average molecular weight is 244 g/mol. The minimum atomic E-state index is -1.27. The third-order valence-corrected chi connectivity index (χ3v) is 1.69. The van der Waals surface area contributed by atoms with Crippen LogP contribution in [0.15, 0.2) is 23.5 Å². The highest BCUT2D eigenvalue weighted by Gasteiger charge is 1.99. The van der Waals surface area contributed by atoms with Crippen LogP contribution in [-0.2, 0) is 9.59 Å². The van der Waals surface area contributed by atoms with Crippen molar-refractivity contribution in [2.24, 2.45) is 0 Å². The third-order valence-electron chi connectivity index (χ3n) is 1.69. The van der Waals surface area contributed by atoms with Crippen LogP contribution in [0.2, 0.25) is 0 Å². The Morgan fingerprint density at radius 3 is 1.76 bits per heavy atom. The van der Waals surface area contributed by atoms with E-state index in [0.29, 0.717) is 12.0 Å². The van der Waals surface area contributed by atoms with E-state index in [0.717, 1.165) is 12.8 Å².